The molecule has 0 saturated heterocycles. The molecule has 2 aromatic rings. The highest BCUT2D eigenvalue weighted by atomic mass is 35.5. The molecule has 0 amide bonds. The molecule has 1 heterocycles. The summed E-state index contributed by atoms with van der Waals surface area (Å²) in [5.74, 6) is 1.81. The third-order valence-corrected chi connectivity index (χ3v) is 4.87. The van der Waals surface area contributed by atoms with E-state index in [1.807, 2.05) is 0 Å². The van der Waals surface area contributed by atoms with Crippen molar-refractivity contribution in [1.82, 2.24) is 9.55 Å². The number of hydrogen-bond acceptors (Lipinski definition) is 1. The minimum absolute atomic E-state index is 0.294. The second-order valence-corrected chi connectivity index (χ2v) is 6.05. The zero-order valence-corrected chi connectivity index (χ0v) is 12.5. The van der Waals surface area contributed by atoms with Crippen LogP contribution in [-0.4, -0.2) is 15.4 Å². The normalized spacial score (nSPS) is 17.6. The molecular formula is C16H21ClN2. The van der Waals surface area contributed by atoms with Crippen molar-refractivity contribution in [3.8, 4) is 0 Å². The third-order valence-electron chi connectivity index (χ3n) is 4.68. The van der Waals surface area contributed by atoms with E-state index in [1.165, 1.54) is 42.6 Å². The van der Waals surface area contributed by atoms with Crippen LogP contribution in [-0.2, 0) is 12.0 Å². The number of para-hydroxylation sites is 1. The number of hydrogen-bond donors (Lipinski definition) is 0. The van der Waals surface area contributed by atoms with Crippen molar-refractivity contribution in [3.05, 3.63) is 29.6 Å². The molecule has 1 fully saturated rings. The van der Waals surface area contributed by atoms with Gasteiger partial charge in [0, 0.05) is 17.8 Å². The van der Waals surface area contributed by atoms with Gasteiger partial charge in [-0.25, -0.2) is 4.98 Å². The Morgan fingerprint density at radius 2 is 2.16 bits per heavy atom. The maximum Gasteiger partial charge on any atom is 0.111 e. The molecule has 1 saturated carbocycles. The quantitative estimate of drug-likeness (QED) is 0.756. The van der Waals surface area contributed by atoms with Gasteiger partial charge in [0.15, 0.2) is 0 Å². The van der Waals surface area contributed by atoms with Gasteiger partial charge in [0.2, 0.25) is 0 Å². The lowest BCUT2D eigenvalue weighted by atomic mass is 9.74. The van der Waals surface area contributed by atoms with Gasteiger partial charge in [0.05, 0.1) is 11.0 Å². The summed E-state index contributed by atoms with van der Waals surface area (Å²) in [7, 11) is 0. The molecule has 0 N–H and O–H groups in total. The summed E-state index contributed by atoms with van der Waals surface area (Å²) in [6.45, 7) is 4.49. The second-order valence-electron chi connectivity index (χ2n) is 5.68. The van der Waals surface area contributed by atoms with Gasteiger partial charge in [0.25, 0.3) is 0 Å². The monoisotopic (exact) mass is 276 g/mol. The van der Waals surface area contributed by atoms with Gasteiger partial charge in [-0.1, -0.05) is 19.1 Å². The van der Waals surface area contributed by atoms with E-state index in [2.05, 4.69) is 36.6 Å². The fourth-order valence-electron chi connectivity index (χ4n) is 3.43. The molecule has 3 rings (SSSR count). The van der Waals surface area contributed by atoms with Crippen LogP contribution in [0.2, 0.25) is 0 Å². The molecule has 19 heavy (non-hydrogen) atoms. The topological polar surface area (TPSA) is 17.8 Å². The molecule has 1 aromatic carbocycles. The zero-order valence-electron chi connectivity index (χ0n) is 11.7. The van der Waals surface area contributed by atoms with Gasteiger partial charge in [-0.05, 0) is 44.2 Å². The number of halogens is 1. The van der Waals surface area contributed by atoms with Gasteiger partial charge in [0.1, 0.15) is 5.82 Å². The maximum atomic E-state index is 5.98. The van der Waals surface area contributed by atoms with Crippen molar-refractivity contribution >= 4 is 22.6 Å². The summed E-state index contributed by atoms with van der Waals surface area (Å²) in [5.41, 5.74) is 4.07. The lowest BCUT2D eigenvalue weighted by Crippen LogP contribution is -2.41. The van der Waals surface area contributed by atoms with Crippen LogP contribution in [0.25, 0.3) is 11.0 Å². The summed E-state index contributed by atoms with van der Waals surface area (Å²) in [6, 6.07) is 6.41. The van der Waals surface area contributed by atoms with E-state index in [0.29, 0.717) is 11.4 Å². The lowest BCUT2D eigenvalue weighted by Gasteiger charge is -2.44. The highest BCUT2D eigenvalue weighted by molar-refractivity contribution is 6.17. The van der Waals surface area contributed by atoms with Gasteiger partial charge in [-0.15, -0.1) is 11.6 Å². The Balaban J connectivity index is 2.27. The van der Waals surface area contributed by atoms with Crippen molar-refractivity contribution in [2.75, 3.05) is 5.88 Å². The molecule has 0 atom stereocenters. The highest BCUT2D eigenvalue weighted by Crippen LogP contribution is 2.45. The van der Waals surface area contributed by atoms with E-state index in [4.69, 9.17) is 16.6 Å². The standard InChI is InChI=1S/C16H21ClN2/c1-3-16(9-5-10-16)19-14(8-11-17)18-13-7-4-6-12(2)15(13)19/h4,6-7H,3,5,8-11H2,1-2H3. The Hall–Kier alpha value is -1.02. The summed E-state index contributed by atoms with van der Waals surface area (Å²) in [4.78, 5) is 4.84. The van der Waals surface area contributed by atoms with Crippen LogP contribution in [0.1, 0.15) is 44.0 Å². The van der Waals surface area contributed by atoms with Crippen LogP contribution in [0.15, 0.2) is 18.2 Å². The van der Waals surface area contributed by atoms with Gasteiger partial charge in [-0.2, -0.15) is 0 Å². The number of alkyl halides is 1. The Bertz CT molecular complexity index is 591. The molecule has 0 unspecified atom stereocenters. The Kier molecular flexibility index (Phi) is 3.30. The fourth-order valence-corrected chi connectivity index (χ4v) is 3.60. The second kappa shape index (κ2) is 4.82. The number of imidazole rings is 1. The zero-order chi connectivity index (χ0) is 13.5. The van der Waals surface area contributed by atoms with Gasteiger partial charge in [-0.3, -0.25) is 0 Å². The van der Waals surface area contributed by atoms with E-state index in [-0.39, 0.29) is 0 Å². The maximum absolute atomic E-state index is 5.98. The average Bonchev–Trinajstić information content (AvgIpc) is 2.70. The van der Waals surface area contributed by atoms with E-state index < -0.39 is 0 Å². The molecule has 2 nitrogen and oxygen atoms in total. The third kappa shape index (κ3) is 1.88. The summed E-state index contributed by atoms with van der Waals surface area (Å²) < 4.78 is 2.52. The van der Waals surface area contributed by atoms with Crippen molar-refractivity contribution in [2.45, 2.75) is 51.5 Å². The van der Waals surface area contributed by atoms with Crippen LogP contribution in [0.3, 0.4) is 0 Å². The first kappa shape index (κ1) is 13.0. The van der Waals surface area contributed by atoms with E-state index in [0.717, 1.165) is 11.9 Å². The Morgan fingerprint density at radius 1 is 1.37 bits per heavy atom. The summed E-state index contributed by atoms with van der Waals surface area (Å²) in [5, 5.41) is 0. The minimum atomic E-state index is 0.294. The number of fused-ring (bicyclic) bond motifs is 1. The smallest absolute Gasteiger partial charge is 0.111 e. The molecule has 0 spiro atoms. The predicted molar refractivity (Wildman–Crippen MR) is 81.0 cm³/mol. The van der Waals surface area contributed by atoms with Crippen LogP contribution >= 0.6 is 11.6 Å². The van der Waals surface area contributed by atoms with Crippen LogP contribution in [0, 0.1) is 6.92 Å². The molecular weight excluding hydrogens is 256 g/mol. The molecule has 1 aliphatic carbocycles. The van der Waals surface area contributed by atoms with Crippen LogP contribution < -0.4 is 0 Å². The molecule has 0 aliphatic heterocycles. The van der Waals surface area contributed by atoms with Crippen LogP contribution in [0.4, 0.5) is 0 Å². The van der Waals surface area contributed by atoms with Crippen molar-refractivity contribution in [3.63, 3.8) is 0 Å². The SMILES string of the molecule is CCC1(n2c(CCCl)nc3cccc(C)c32)CCC1. The van der Waals surface area contributed by atoms with E-state index in [9.17, 15) is 0 Å². The van der Waals surface area contributed by atoms with Crippen LogP contribution in [0.5, 0.6) is 0 Å². The molecule has 0 radical (unpaired) electrons. The Morgan fingerprint density at radius 3 is 2.74 bits per heavy atom. The van der Waals surface area contributed by atoms with Gasteiger partial charge >= 0.3 is 0 Å². The van der Waals surface area contributed by atoms with Gasteiger partial charge < -0.3 is 4.57 Å². The molecule has 1 aliphatic rings. The number of rotatable bonds is 4. The molecule has 0 bridgehead atoms. The van der Waals surface area contributed by atoms with Crippen molar-refractivity contribution in [2.24, 2.45) is 0 Å². The average molecular weight is 277 g/mol. The summed E-state index contributed by atoms with van der Waals surface area (Å²) in [6.07, 6.45) is 5.93. The number of aromatic nitrogens is 2. The van der Waals surface area contributed by atoms with E-state index in [1.54, 1.807) is 0 Å². The number of benzene rings is 1. The molecule has 102 valence electrons. The Labute approximate surface area is 119 Å². The first-order valence-electron chi connectivity index (χ1n) is 7.25. The van der Waals surface area contributed by atoms with Crippen molar-refractivity contribution in [1.29, 1.82) is 0 Å². The fraction of sp³-hybridized carbons (Fsp3) is 0.562. The first-order valence-corrected chi connectivity index (χ1v) is 7.79. The highest BCUT2D eigenvalue weighted by Gasteiger charge is 2.39. The number of aryl methyl sites for hydroxylation is 2. The lowest BCUT2D eigenvalue weighted by molar-refractivity contribution is 0.137. The minimum Gasteiger partial charge on any atom is -0.322 e. The molecule has 3 heteroatoms. The van der Waals surface area contributed by atoms with Crippen molar-refractivity contribution < 1.29 is 0 Å². The largest absolute Gasteiger partial charge is 0.322 e. The summed E-state index contributed by atoms with van der Waals surface area (Å²) >= 11 is 5.98. The first-order chi connectivity index (χ1) is 9.22. The predicted octanol–water partition coefficient (Wildman–Crippen LogP) is 4.42. The van der Waals surface area contributed by atoms with E-state index >= 15 is 0 Å². The number of nitrogens with zero attached hydrogens (tertiary/aromatic N) is 2. The molecule has 1 aromatic heterocycles.